The fourth-order valence-corrected chi connectivity index (χ4v) is 2.04. The van der Waals surface area contributed by atoms with E-state index in [0.29, 0.717) is 23.5 Å². The number of hydrazine groups is 1. The van der Waals surface area contributed by atoms with Crippen LogP contribution in [0.3, 0.4) is 0 Å². The minimum atomic E-state index is -0.639. The van der Waals surface area contributed by atoms with Crippen molar-refractivity contribution < 1.29 is 14.3 Å². The van der Waals surface area contributed by atoms with Crippen LogP contribution in [0.1, 0.15) is 54.0 Å². The van der Waals surface area contributed by atoms with Crippen molar-refractivity contribution in [1.29, 1.82) is 0 Å². The van der Waals surface area contributed by atoms with Crippen LogP contribution in [0.2, 0.25) is 0 Å². The van der Waals surface area contributed by atoms with Crippen LogP contribution in [0, 0.1) is 0 Å². The molecule has 0 aromatic heterocycles. The molecule has 28 heavy (non-hydrogen) atoms. The van der Waals surface area contributed by atoms with E-state index in [9.17, 15) is 9.59 Å². The van der Waals surface area contributed by atoms with E-state index in [-0.39, 0.29) is 41.7 Å². The number of halogens is 3. The Balaban J connectivity index is 0. The predicted octanol–water partition coefficient (Wildman–Crippen LogP) is 4.79. The monoisotopic (exact) mass is 448 g/mol. The van der Waals surface area contributed by atoms with E-state index >= 15 is 0 Å². The van der Waals surface area contributed by atoms with E-state index in [4.69, 9.17) is 22.2 Å². The van der Waals surface area contributed by atoms with Gasteiger partial charge in [-0.25, -0.2) is 0 Å². The summed E-state index contributed by atoms with van der Waals surface area (Å²) in [5.74, 6) is 5.52. The first-order chi connectivity index (χ1) is 12.2. The molecule has 3 N–H and O–H groups in total. The molecule has 0 heterocycles. The second-order valence-electron chi connectivity index (χ2n) is 6.50. The summed E-state index contributed by atoms with van der Waals surface area (Å²) in [6.45, 7) is 8.48. The van der Waals surface area contributed by atoms with Gasteiger partial charge in [0.05, 0.1) is 6.61 Å². The van der Waals surface area contributed by atoms with Crippen LogP contribution in [0.15, 0.2) is 48.5 Å². The lowest BCUT2D eigenvalue weighted by molar-refractivity contribution is 0.102. The van der Waals surface area contributed by atoms with E-state index < -0.39 is 5.24 Å². The number of carbonyl (C=O) groups excluding carboxylic acids is 2. The summed E-state index contributed by atoms with van der Waals surface area (Å²) < 4.78 is 5.32. The Morgan fingerprint density at radius 2 is 1.46 bits per heavy atom. The Morgan fingerprint density at radius 1 is 1.00 bits per heavy atom. The number of nitrogens with two attached hydrogens (primary N) is 1. The number of rotatable bonds is 5. The van der Waals surface area contributed by atoms with Crippen molar-refractivity contribution >= 4 is 47.4 Å². The van der Waals surface area contributed by atoms with E-state index in [1.807, 2.05) is 27.7 Å². The number of hydrogen-bond acceptors (Lipinski definition) is 5. The number of hydrogen-bond donors (Lipinski definition) is 2. The molecule has 0 saturated carbocycles. The molecule has 0 atom stereocenters. The lowest BCUT2D eigenvalue weighted by atomic mass is 9.99. The Labute approximate surface area is 183 Å². The zero-order chi connectivity index (χ0) is 19.7. The van der Waals surface area contributed by atoms with Crippen molar-refractivity contribution in [2.45, 2.75) is 33.2 Å². The summed E-state index contributed by atoms with van der Waals surface area (Å²) in [6.07, 6.45) is 0. The highest BCUT2D eigenvalue weighted by atomic mass is 35.5. The van der Waals surface area contributed by atoms with Gasteiger partial charge < -0.3 is 4.74 Å². The summed E-state index contributed by atoms with van der Waals surface area (Å²) in [4.78, 5) is 23.7. The molecule has 0 unspecified atom stereocenters. The van der Waals surface area contributed by atoms with Crippen molar-refractivity contribution in [3.8, 4) is 5.75 Å². The molecule has 0 radical (unpaired) electrons. The molecule has 0 amide bonds. The van der Waals surface area contributed by atoms with Crippen LogP contribution in [0.25, 0.3) is 0 Å². The van der Waals surface area contributed by atoms with Gasteiger partial charge in [-0.15, -0.1) is 24.8 Å². The van der Waals surface area contributed by atoms with Gasteiger partial charge in [-0.05, 0) is 69.6 Å². The molecular weight excluding hydrogens is 423 g/mol. The lowest BCUT2D eigenvalue weighted by Crippen LogP contribution is -2.41. The zero-order valence-electron chi connectivity index (χ0n) is 16.3. The number of nitrogens with one attached hydrogen (secondary N) is 1. The highest BCUT2D eigenvalue weighted by Crippen LogP contribution is 2.19. The molecule has 0 aliphatic rings. The molecule has 0 spiro atoms. The maximum atomic E-state index is 12.4. The molecule has 2 rings (SSSR count). The Morgan fingerprint density at radius 3 is 1.86 bits per heavy atom. The Bertz CT molecular complexity index is 745. The molecule has 0 fully saturated rings. The second kappa shape index (κ2) is 13.5. The summed E-state index contributed by atoms with van der Waals surface area (Å²) in [7, 11) is 0. The minimum absolute atomic E-state index is 0. The topological polar surface area (TPSA) is 81.4 Å². The van der Waals surface area contributed by atoms with Crippen molar-refractivity contribution in [1.82, 2.24) is 5.43 Å². The van der Waals surface area contributed by atoms with Gasteiger partial charge in [-0.1, -0.05) is 18.2 Å². The SMILES string of the molecule is CC(C)(C)NN.CCOc1ccc(C(=O)c2ccccc2C(=O)Cl)cc1.Cl.Cl. The highest BCUT2D eigenvalue weighted by molar-refractivity contribution is 6.68. The van der Waals surface area contributed by atoms with Crippen LogP contribution in [-0.2, 0) is 0 Å². The highest BCUT2D eigenvalue weighted by Gasteiger charge is 2.16. The van der Waals surface area contributed by atoms with Gasteiger partial charge >= 0.3 is 0 Å². The fraction of sp³-hybridized carbons (Fsp3) is 0.300. The predicted molar refractivity (Wildman–Crippen MR) is 119 cm³/mol. The van der Waals surface area contributed by atoms with E-state index in [1.54, 1.807) is 42.5 Å². The summed E-state index contributed by atoms with van der Waals surface area (Å²) >= 11 is 5.50. The van der Waals surface area contributed by atoms with Gasteiger partial charge in [-0.2, -0.15) is 0 Å². The molecule has 8 heteroatoms. The third-order valence-electron chi connectivity index (χ3n) is 3.24. The van der Waals surface area contributed by atoms with Crippen LogP contribution >= 0.6 is 36.4 Å². The van der Waals surface area contributed by atoms with Gasteiger partial charge in [0.25, 0.3) is 5.24 Å². The van der Waals surface area contributed by atoms with E-state index in [1.165, 1.54) is 6.07 Å². The largest absolute Gasteiger partial charge is 0.494 e. The first kappa shape index (κ1) is 28.6. The van der Waals surface area contributed by atoms with E-state index in [0.717, 1.165) is 0 Å². The maximum absolute atomic E-state index is 12.4. The van der Waals surface area contributed by atoms with Gasteiger partial charge in [-0.3, -0.25) is 20.9 Å². The van der Waals surface area contributed by atoms with Crippen LogP contribution in [-0.4, -0.2) is 23.2 Å². The fourth-order valence-electron chi connectivity index (χ4n) is 1.88. The molecule has 2 aromatic carbocycles. The first-order valence-electron chi connectivity index (χ1n) is 8.23. The molecule has 5 nitrogen and oxygen atoms in total. The first-order valence-corrected chi connectivity index (χ1v) is 8.61. The maximum Gasteiger partial charge on any atom is 0.253 e. The van der Waals surface area contributed by atoms with Gasteiger partial charge in [0.2, 0.25) is 0 Å². The number of ketones is 1. The number of benzene rings is 2. The van der Waals surface area contributed by atoms with Crippen molar-refractivity contribution in [3.05, 3.63) is 65.2 Å². The molecule has 0 aliphatic heterocycles. The van der Waals surface area contributed by atoms with Gasteiger partial charge in [0.15, 0.2) is 5.78 Å². The molecule has 2 aromatic rings. The Kier molecular flexibility index (Phi) is 13.8. The molecule has 0 saturated heterocycles. The number of carbonyl (C=O) groups is 2. The average molecular weight is 450 g/mol. The van der Waals surface area contributed by atoms with Crippen molar-refractivity contribution in [2.24, 2.45) is 5.84 Å². The molecule has 0 aliphatic carbocycles. The quantitative estimate of drug-likeness (QED) is 0.297. The third-order valence-corrected chi connectivity index (χ3v) is 3.45. The van der Waals surface area contributed by atoms with E-state index in [2.05, 4.69) is 5.43 Å². The van der Waals surface area contributed by atoms with Crippen LogP contribution < -0.4 is 16.0 Å². The summed E-state index contributed by atoms with van der Waals surface area (Å²) in [5.41, 5.74) is 3.68. The summed E-state index contributed by atoms with van der Waals surface area (Å²) in [5, 5.41) is -0.639. The van der Waals surface area contributed by atoms with Gasteiger partial charge in [0, 0.05) is 22.2 Å². The standard InChI is InChI=1S/C16H13ClO3.C4H12N2.2ClH/c1-2-20-12-9-7-11(8-10-12)15(18)13-5-3-4-6-14(13)16(17)19;1-4(2,3)6-5;;/h3-10H,2H2,1H3;6H,5H2,1-3H3;2*1H. The Hall–Kier alpha value is -1.63. The smallest absolute Gasteiger partial charge is 0.253 e. The zero-order valence-corrected chi connectivity index (χ0v) is 18.7. The molecule has 156 valence electrons. The van der Waals surface area contributed by atoms with Gasteiger partial charge in [0.1, 0.15) is 5.75 Å². The van der Waals surface area contributed by atoms with Crippen LogP contribution in [0.4, 0.5) is 0 Å². The average Bonchev–Trinajstić information content (AvgIpc) is 2.62. The molecular formula is C20H27Cl3N2O3. The lowest BCUT2D eigenvalue weighted by Gasteiger charge is -2.14. The van der Waals surface area contributed by atoms with Crippen molar-refractivity contribution in [2.75, 3.05) is 6.61 Å². The third kappa shape index (κ3) is 9.53. The normalized spacial score (nSPS) is 9.79. The van der Waals surface area contributed by atoms with Crippen molar-refractivity contribution in [3.63, 3.8) is 0 Å². The number of ether oxygens (including phenoxy) is 1. The summed E-state index contributed by atoms with van der Waals surface area (Å²) in [6, 6.07) is 13.3. The second-order valence-corrected chi connectivity index (χ2v) is 6.84. The minimum Gasteiger partial charge on any atom is -0.494 e. The molecule has 0 bridgehead atoms. The van der Waals surface area contributed by atoms with Crippen LogP contribution in [0.5, 0.6) is 5.75 Å².